The van der Waals surface area contributed by atoms with E-state index in [4.69, 9.17) is 0 Å². The van der Waals surface area contributed by atoms with Crippen molar-refractivity contribution in [3.05, 3.63) is 59.2 Å². The molecule has 170 valence electrons. The summed E-state index contributed by atoms with van der Waals surface area (Å²) in [6.45, 7) is 6.54. The molecule has 1 aliphatic carbocycles. The minimum atomic E-state index is 0.0437. The van der Waals surface area contributed by atoms with Gasteiger partial charge in [0.1, 0.15) is 0 Å². The molecule has 2 heterocycles. The van der Waals surface area contributed by atoms with Gasteiger partial charge in [0, 0.05) is 50.6 Å². The van der Waals surface area contributed by atoms with Crippen molar-refractivity contribution in [2.75, 3.05) is 42.9 Å². The predicted octanol–water partition coefficient (Wildman–Crippen LogP) is 4.17. The van der Waals surface area contributed by atoms with Gasteiger partial charge in [-0.05, 0) is 73.3 Å². The molecule has 2 aromatic carbocycles. The largest absolute Gasteiger partial charge is 0.376 e. The fraction of sp³-hybridized carbons (Fsp3) is 0.519. The number of rotatable bonds is 8. The Labute approximate surface area is 192 Å². The molecule has 2 fully saturated rings. The highest BCUT2D eigenvalue weighted by molar-refractivity contribution is 5.81. The lowest BCUT2D eigenvalue weighted by Crippen LogP contribution is -2.34. The highest BCUT2D eigenvalue weighted by atomic mass is 16.1. The Kier molecular flexibility index (Phi) is 6.63. The third-order valence-electron chi connectivity index (χ3n) is 7.16. The molecule has 0 aromatic heterocycles. The van der Waals surface area contributed by atoms with Gasteiger partial charge >= 0.3 is 0 Å². The van der Waals surface area contributed by atoms with Crippen LogP contribution in [0.2, 0.25) is 0 Å². The highest BCUT2D eigenvalue weighted by Crippen LogP contribution is 2.33. The molecule has 2 N–H and O–H groups in total. The van der Waals surface area contributed by atoms with Crippen LogP contribution in [0.4, 0.5) is 11.4 Å². The van der Waals surface area contributed by atoms with Crippen molar-refractivity contribution in [2.24, 2.45) is 5.92 Å². The molecular formula is C27H36N4O. The number of anilines is 2. The SMILES string of the molecule is O=C(CNc1cccc2c1CCN(CC1CC1)C2)NCc1ccccc1N1CCCCC1. The van der Waals surface area contributed by atoms with E-state index < -0.39 is 0 Å². The van der Waals surface area contributed by atoms with E-state index in [1.165, 1.54) is 61.0 Å². The summed E-state index contributed by atoms with van der Waals surface area (Å²) in [5, 5.41) is 6.54. The van der Waals surface area contributed by atoms with Gasteiger partial charge in [0.2, 0.25) is 5.91 Å². The lowest BCUT2D eigenvalue weighted by atomic mass is 9.97. The third kappa shape index (κ3) is 5.26. The van der Waals surface area contributed by atoms with E-state index in [9.17, 15) is 4.79 Å². The maximum atomic E-state index is 12.6. The van der Waals surface area contributed by atoms with Crippen LogP contribution in [0.3, 0.4) is 0 Å². The van der Waals surface area contributed by atoms with Crippen molar-refractivity contribution < 1.29 is 4.79 Å². The van der Waals surface area contributed by atoms with Crippen LogP contribution in [-0.2, 0) is 24.3 Å². The van der Waals surface area contributed by atoms with E-state index in [2.05, 4.69) is 62.9 Å². The van der Waals surface area contributed by atoms with E-state index in [1.807, 2.05) is 0 Å². The molecule has 0 atom stereocenters. The van der Waals surface area contributed by atoms with Crippen LogP contribution >= 0.6 is 0 Å². The van der Waals surface area contributed by atoms with E-state index in [1.54, 1.807) is 0 Å². The number of piperidine rings is 1. The molecule has 1 saturated heterocycles. The molecule has 0 radical (unpaired) electrons. The van der Waals surface area contributed by atoms with Crippen LogP contribution in [0, 0.1) is 5.92 Å². The number of hydrogen-bond donors (Lipinski definition) is 2. The number of benzene rings is 2. The number of para-hydroxylation sites is 1. The fourth-order valence-electron chi connectivity index (χ4n) is 5.19. The van der Waals surface area contributed by atoms with Crippen LogP contribution in [0.15, 0.2) is 42.5 Å². The van der Waals surface area contributed by atoms with Gasteiger partial charge in [-0.15, -0.1) is 0 Å². The second kappa shape index (κ2) is 9.95. The van der Waals surface area contributed by atoms with Crippen LogP contribution < -0.4 is 15.5 Å². The molecule has 5 nitrogen and oxygen atoms in total. The number of hydrogen-bond acceptors (Lipinski definition) is 4. The first-order valence-electron chi connectivity index (χ1n) is 12.4. The summed E-state index contributed by atoms with van der Waals surface area (Å²) in [6.07, 6.45) is 7.71. The zero-order valence-corrected chi connectivity index (χ0v) is 19.1. The molecule has 5 rings (SSSR count). The zero-order valence-electron chi connectivity index (χ0n) is 19.1. The summed E-state index contributed by atoms with van der Waals surface area (Å²) < 4.78 is 0. The van der Waals surface area contributed by atoms with E-state index >= 15 is 0 Å². The maximum Gasteiger partial charge on any atom is 0.239 e. The van der Waals surface area contributed by atoms with E-state index in [0.29, 0.717) is 13.1 Å². The van der Waals surface area contributed by atoms with Crippen LogP contribution in [0.1, 0.15) is 48.8 Å². The molecule has 1 saturated carbocycles. The van der Waals surface area contributed by atoms with Crippen LogP contribution in [0.5, 0.6) is 0 Å². The van der Waals surface area contributed by atoms with Crippen LogP contribution in [-0.4, -0.2) is 43.5 Å². The Morgan fingerprint density at radius 1 is 0.969 bits per heavy atom. The molecule has 0 unspecified atom stereocenters. The minimum absolute atomic E-state index is 0.0437. The lowest BCUT2D eigenvalue weighted by Gasteiger charge is -2.30. The topological polar surface area (TPSA) is 47.6 Å². The Morgan fingerprint density at radius 2 is 1.81 bits per heavy atom. The molecule has 0 bridgehead atoms. The molecule has 2 aromatic rings. The molecule has 1 amide bonds. The Bertz CT molecular complexity index is 933. The van der Waals surface area contributed by atoms with Gasteiger partial charge in [-0.2, -0.15) is 0 Å². The first-order valence-corrected chi connectivity index (χ1v) is 12.4. The second-order valence-electron chi connectivity index (χ2n) is 9.68. The quantitative estimate of drug-likeness (QED) is 0.657. The number of nitrogens with zero attached hydrogens (tertiary/aromatic N) is 2. The predicted molar refractivity (Wildman–Crippen MR) is 131 cm³/mol. The average molecular weight is 433 g/mol. The van der Waals surface area contributed by atoms with Crippen molar-refractivity contribution in [3.63, 3.8) is 0 Å². The van der Waals surface area contributed by atoms with Crippen molar-refractivity contribution >= 4 is 17.3 Å². The Balaban J connectivity index is 1.15. The normalized spacial score (nSPS) is 18.8. The smallest absolute Gasteiger partial charge is 0.239 e. The lowest BCUT2D eigenvalue weighted by molar-refractivity contribution is -0.119. The summed E-state index contributed by atoms with van der Waals surface area (Å²) in [5.74, 6) is 0.976. The summed E-state index contributed by atoms with van der Waals surface area (Å²) >= 11 is 0. The maximum absolute atomic E-state index is 12.6. The van der Waals surface area contributed by atoms with Crippen molar-refractivity contribution in [2.45, 2.75) is 51.6 Å². The van der Waals surface area contributed by atoms with Gasteiger partial charge in [0.05, 0.1) is 6.54 Å². The zero-order chi connectivity index (χ0) is 21.8. The number of carbonyl (C=O) groups excluding carboxylic acids is 1. The van der Waals surface area contributed by atoms with Crippen molar-refractivity contribution in [1.82, 2.24) is 10.2 Å². The number of fused-ring (bicyclic) bond motifs is 1. The van der Waals surface area contributed by atoms with E-state index in [0.717, 1.165) is 44.2 Å². The minimum Gasteiger partial charge on any atom is -0.376 e. The molecule has 3 aliphatic rings. The molecular weight excluding hydrogens is 396 g/mol. The third-order valence-corrected chi connectivity index (χ3v) is 7.16. The van der Waals surface area contributed by atoms with Crippen molar-refractivity contribution in [3.8, 4) is 0 Å². The highest BCUT2D eigenvalue weighted by Gasteiger charge is 2.27. The van der Waals surface area contributed by atoms with Gasteiger partial charge in [-0.1, -0.05) is 30.3 Å². The summed E-state index contributed by atoms with van der Waals surface area (Å²) in [7, 11) is 0. The van der Waals surface area contributed by atoms with Crippen LogP contribution in [0.25, 0.3) is 0 Å². The Morgan fingerprint density at radius 3 is 2.66 bits per heavy atom. The second-order valence-corrected chi connectivity index (χ2v) is 9.68. The standard InChI is InChI=1S/C27H36N4O/c32-27(29-17-22-7-2-3-10-26(22)31-14-4-1-5-15-31)18-28-25-9-6-8-23-20-30(16-13-24(23)25)19-21-11-12-21/h2-3,6-10,21,28H,1,4-5,11-20H2,(H,29,32). The van der Waals surface area contributed by atoms with Gasteiger partial charge in [0.25, 0.3) is 0 Å². The van der Waals surface area contributed by atoms with Crippen molar-refractivity contribution in [1.29, 1.82) is 0 Å². The summed E-state index contributed by atoms with van der Waals surface area (Å²) in [5.41, 5.74) is 6.40. The van der Waals surface area contributed by atoms with Gasteiger partial charge in [-0.25, -0.2) is 0 Å². The monoisotopic (exact) mass is 432 g/mol. The summed E-state index contributed by atoms with van der Waals surface area (Å²) in [4.78, 5) is 17.7. The average Bonchev–Trinajstić information content (AvgIpc) is 3.66. The molecule has 5 heteroatoms. The molecule has 32 heavy (non-hydrogen) atoms. The summed E-state index contributed by atoms with van der Waals surface area (Å²) in [6, 6.07) is 15.0. The molecule has 0 spiro atoms. The van der Waals surface area contributed by atoms with Gasteiger partial charge < -0.3 is 15.5 Å². The first-order chi connectivity index (χ1) is 15.8. The first kappa shape index (κ1) is 21.3. The number of carbonyl (C=O) groups is 1. The fourth-order valence-corrected chi connectivity index (χ4v) is 5.19. The van der Waals surface area contributed by atoms with E-state index in [-0.39, 0.29) is 5.91 Å². The Hall–Kier alpha value is -2.53. The van der Waals surface area contributed by atoms with Gasteiger partial charge in [0.15, 0.2) is 0 Å². The van der Waals surface area contributed by atoms with Gasteiger partial charge in [-0.3, -0.25) is 9.69 Å². The number of nitrogens with one attached hydrogen (secondary N) is 2. The number of amides is 1. The molecule has 2 aliphatic heterocycles.